The Kier molecular flexibility index (Phi) is 3.15. The molecule has 0 fully saturated rings. The normalized spacial score (nSPS) is 10.6. The van der Waals surface area contributed by atoms with Crippen LogP contribution >= 0.6 is 11.6 Å². The number of nitrogens with zero attached hydrogens (tertiary/aromatic N) is 1. The minimum absolute atomic E-state index is 0.488. The van der Waals surface area contributed by atoms with Crippen LogP contribution in [-0.4, -0.2) is 11.6 Å². The lowest BCUT2D eigenvalue weighted by atomic mass is 10.2. The Labute approximate surface area is 99.2 Å². The number of benzene rings is 1. The van der Waals surface area contributed by atoms with Crippen molar-refractivity contribution >= 4 is 28.2 Å². The van der Waals surface area contributed by atoms with Crippen molar-refractivity contribution in [1.82, 2.24) is 4.98 Å². The number of nitrogens with two attached hydrogens (primary N) is 1. The lowest BCUT2D eigenvalue weighted by molar-refractivity contribution is 0.320. The van der Waals surface area contributed by atoms with E-state index >= 15 is 0 Å². The summed E-state index contributed by atoms with van der Waals surface area (Å²) in [5, 5.41) is 1.36. The van der Waals surface area contributed by atoms with E-state index in [1.807, 2.05) is 18.2 Å². The monoisotopic (exact) mass is 236 g/mol. The van der Waals surface area contributed by atoms with E-state index in [-0.39, 0.29) is 0 Å². The summed E-state index contributed by atoms with van der Waals surface area (Å²) >= 11 is 6.11. The quantitative estimate of drug-likeness (QED) is 0.890. The van der Waals surface area contributed by atoms with E-state index in [2.05, 4.69) is 11.9 Å². The number of halogens is 1. The third-order valence-corrected chi connectivity index (χ3v) is 2.71. The molecule has 0 atom stereocenters. The summed E-state index contributed by atoms with van der Waals surface area (Å²) in [6, 6.07) is 5.66. The first-order chi connectivity index (χ1) is 7.74. The van der Waals surface area contributed by atoms with Crippen LogP contribution in [0, 0.1) is 0 Å². The summed E-state index contributed by atoms with van der Waals surface area (Å²) < 4.78 is 5.60. The average molecular weight is 237 g/mol. The first-order valence-corrected chi connectivity index (χ1v) is 5.57. The second-order valence-electron chi connectivity index (χ2n) is 3.53. The number of anilines is 1. The van der Waals surface area contributed by atoms with Gasteiger partial charge in [-0.2, -0.15) is 0 Å². The molecular weight excluding hydrogens is 224 g/mol. The number of pyridine rings is 1. The Morgan fingerprint density at radius 2 is 2.25 bits per heavy atom. The number of nitrogen functional groups attached to an aromatic ring is 1. The highest BCUT2D eigenvalue weighted by molar-refractivity contribution is 6.37. The zero-order valence-corrected chi connectivity index (χ0v) is 9.79. The molecule has 0 spiro atoms. The Morgan fingerprint density at radius 3 is 3.00 bits per heavy atom. The van der Waals surface area contributed by atoms with Crippen LogP contribution in [0.3, 0.4) is 0 Å². The lowest BCUT2D eigenvalue weighted by Gasteiger charge is -2.09. The Bertz CT molecular complexity index is 514. The van der Waals surface area contributed by atoms with Gasteiger partial charge in [-0.25, -0.2) is 0 Å². The van der Waals surface area contributed by atoms with E-state index in [0.717, 1.165) is 23.1 Å². The fraction of sp³-hybridized carbons (Fsp3) is 0.250. The number of hydrogen-bond acceptors (Lipinski definition) is 3. The molecule has 0 amide bonds. The molecule has 0 aliphatic rings. The van der Waals surface area contributed by atoms with Crippen LogP contribution < -0.4 is 10.5 Å². The van der Waals surface area contributed by atoms with E-state index < -0.39 is 0 Å². The van der Waals surface area contributed by atoms with Gasteiger partial charge in [0.1, 0.15) is 11.3 Å². The van der Waals surface area contributed by atoms with E-state index in [9.17, 15) is 0 Å². The largest absolute Gasteiger partial charge is 0.491 e. The van der Waals surface area contributed by atoms with Crippen molar-refractivity contribution in [3.8, 4) is 5.75 Å². The second kappa shape index (κ2) is 4.58. The van der Waals surface area contributed by atoms with Crippen LogP contribution in [0.4, 0.5) is 5.69 Å². The highest BCUT2D eigenvalue weighted by Crippen LogP contribution is 2.32. The number of hydrogen-bond donors (Lipinski definition) is 1. The molecule has 0 aliphatic carbocycles. The lowest BCUT2D eigenvalue weighted by Crippen LogP contribution is -1.97. The summed E-state index contributed by atoms with van der Waals surface area (Å²) in [4.78, 5) is 4.26. The number of para-hydroxylation sites is 1. The standard InChI is InChI=1S/C12H13ClN2O/c1-2-6-16-10-5-3-4-8-11(13)9(14)7-15-12(8)10/h3-5,7H,2,6,14H2,1H3. The fourth-order valence-electron chi connectivity index (χ4n) is 1.51. The van der Waals surface area contributed by atoms with E-state index in [0.29, 0.717) is 17.3 Å². The predicted molar refractivity (Wildman–Crippen MR) is 67.0 cm³/mol. The van der Waals surface area contributed by atoms with Crippen LogP contribution in [0.15, 0.2) is 24.4 Å². The molecule has 1 aromatic heterocycles. The van der Waals surface area contributed by atoms with Crippen molar-refractivity contribution in [2.24, 2.45) is 0 Å². The molecule has 2 aromatic rings. The highest BCUT2D eigenvalue weighted by atomic mass is 35.5. The molecule has 0 aliphatic heterocycles. The summed E-state index contributed by atoms with van der Waals surface area (Å²) in [6.45, 7) is 2.73. The van der Waals surface area contributed by atoms with Gasteiger partial charge in [0.05, 0.1) is 23.5 Å². The Morgan fingerprint density at radius 1 is 1.44 bits per heavy atom. The zero-order valence-electron chi connectivity index (χ0n) is 9.03. The third kappa shape index (κ3) is 1.91. The van der Waals surface area contributed by atoms with Gasteiger partial charge in [0, 0.05) is 5.39 Å². The SMILES string of the molecule is CCCOc1cccc2c(Cl)c(N)cnc12. The van der Waals surface area contributed by atoms with Gasteiger partial charge in [-0.1, -0.05) is 30.7 Å². The fourth-order valence-corrected chi connectivity index (χ4v) is 1.71. The molecular formula is C12H13ClN2O. The molecule has 16 heavy (non-hydrogen) atoms. The minimum Gasteiger partial charge on any atom is -0.491 e. The maximum absolute atomic E-state index is 6.11. The van der Waals surface area contributed by atoms with Gasteiger partial charge in [0.25, 0.3) is 0 Å². The maximum atomic E-state index is 6.11. The van der Waals surface area contributed by atoms with E-state index in [4.69, 9.17) is 22.1 Å². The van der Waals surface area contributed by atoms with Gasteiger partial charge < -0.3 is 10.5 Å². The number of aromatic nitrogens is 1. The summed E-state index contributed by atoms with van der Waals surface area (Å²) in [7, 11) is 0. The van der Waals surface area contributed by atoms with E-state index in [1.54, 1.807) is 6.20 Å². The molecule has 4 heteroatoms. The summed E-state index contributed by atoms with van der Waals surface area (Å²) in [6.07, 6.45) is 2.52. The van der Waals surface area contributed by atoms with Crippen LogP contribution in [-0.2, 0) is 0 Å². The summed E-state index contributed by atoms with van der Waals surface area (Å²) in [5.74, 6) is 0.751. The molecule has 2 N–H and O–H groups in total. The highest BCUT2D eigenvalue weighted by Gasteiger charge is 2.08. The summed E-state index contributed by atoms with van der Waals surface area (Å²) in [5.41, 5.74) is 6.95. The maximum Gasteiger partial charge on any atom is 0.145 e. The first kappa shape index (κ1) is 11.0. The Balaban J connectivity index is 2.56. The zero-order chi connectivity index (χ0) is 11.5. The van der Waals surface area contributed by atoms with Gasteiger partial charge in [-0.05, 0) is 12.5 Å². The molecule has 0 unspecified atom stereocenters. The van der Waals surface area contributed by atoms with Crippen molar-refractivity contribution in [3.05, 3.63) is 29.4 Å². The Hall–Kier alpha value is -1.48. The van der Waals surface area contributed by atoms with Crippen LogP contribution in [0.1, 0.15) is 13.3 Å². The van der Waals surface area contributed by atoms with Gasteiger partial charge in [-0.15, -0.1) is 0 Å². The molecule has 0 bridgehead atoms. The smallest absolute Gasteiger partial charge is 0.145 e. The molecule has 84 valence electrons. The topological polar surface area (TPSA) is 48.1 Å². The third-order valence-electron chi connectivity index (χ3n) is 2.28. The second-order valence-corrected chi connectivity index (χ2v) is 3.91. The number of rotatable bonds is 3. The van der Waals surface area contributed by atoms with Gasteiger partial charge in [0.2, 0.25) is 0 Å². The molecule has 1 heterocycles. The molecule has 0 saturated heterocycles. The van der Waals surface area contributed by atoms with Crippen molar-refractivity contribution in [3.63, 3.8) is 0 Å². The van der Waals surface area contributed by atoms with Crippen LogP contribution in [0.2, 0.25) is 5.02 Å². The molecule has 0 saturated carbocycles. The van der Waals surface area contributed by atoms with Crippen molar-refractivity contribution in [1.29, 1.82) is 0 Å². The molecule has 0 radical (unpaired) electrons. The number of ether oxygens (including phenoxy) is 1. The van der Waals surface area contributed by atoms with Crippen molar-refractivity contribution in [2.75, 3.05) is 12.3 Å². The van der Waals surface area contributed by atoms with Gasteiger partial charge in [-0.3, -0.25) is 4.98 Å². The molecule has 1 aromatic carbocycles. The van der Waals surface area contributed by atoms with Crippen LogP contribution in [0.25, 0.3) is 10.9 Å². The predicted octanol–water partition coefficient (Wildman–Crippen LogP) is 3.26. The van der Waals surface area contributed by atoms with Gasteiger partial charge >= 0.3 is 0 Å². The number of fused-ring (bicyclic) bond motifs is 1. The molecule has 3 nitrogen and oxygen atoms in total. The van der Waals surface area contributed by atoms with Crippen LogP contribution in [0.5, 0.6) is 5.75 Å². The average Bonchev–Trinajstić information content (AvgIpc) is 2.31. The van der Waals surface area contributed by atoms with E-state index in [1.165, 1.54) is 0 Å². The molecule has 2 rings (SSSR count). The first-order valence-electron chi connectivity index (χ1n) is 5.19. The van der Waals surface area contributed by atoms with Gasteiger partial charge in [0.15, 0.2) is 0 Å². The minimum atomic E-state index is 0.488. The van der Waals surface area contributed by atoms with Crippen molar-refractivity contribution in [2.45, 2.75) is 13.3 Å². The van der Waals surface area contributed by atoms with Crippen molar-refractivity contribution < 1.29 is 4.74 Å².